The second-order valence-corrected chi connectivity index (χ2v) is 11.3. The van der Waals surface area contributed by atoms with Crippen LogP contribution in [0.5, 0.6) is 0 Å². The number of ether oxygens (including phenoxy) is 2. The zero-order chi connectivity index (χ0) is 32.3. The van der Waals surface area contributed by atoms with Crippen LogP contribution in [0.4, 0.5) is 5.69 Å². The highest BCUT2D eigenvalue weighted by Crippen LogP contribution is 2.42. The highest BCUT2D eigenvalue weighted by molar-refractivity contribution is 6.09. The topological polar surface area (TPSA) is 124 Å². The molecule has 0 aromatic heterocycles. The summed E-state index contributed by atoms with van der Waals surface area (Å²) < 4.78 is 19.5. The minimum absolute atomic E-state index is 0.0884. The molecule has 2 aromatic rings. The third kappa shape index (κ3) is 8.69. The molecule has 3 N–H and O–H groups in total. The number of nitrogens with zero attached hydrogens (tertiary/aromatic N) is 2. The molecule has 2 aliphatic rings. The lowest BCUT2D eigenvalue weighted by Gasteiger charge is -2.19. The molecule has 1 aliphatic carbocycles. The summed E-state index contributed by atoms with van der Waals surface area (Å²) in [5, 5.41) is 23.5. The first-order valence-electron chi connectivity index (χ1n) is 15.3. The molecular formula is C35H44N3O7+. The highest BCUT2D eigenvalue weighted by atomic mass is 16.5. The molecule has 0 unspecified atom stereocenters. The molecule has 4 rings (SSSR count). The van der Waals surface area contributed by atoms with Gasteiger partial charge in [-0.25, -0.2) is 9.37 Å². The predicted octanol–water partition coefficient (Wildman–Crippen LogP) is 4.32. The number of carboxylic acids is 1. The van der Waals surface area contributed by atoms with Crippen molar-refractivity contribution in [3.8, 4) is 22.5 Å². The van der Waals surface area contributed by atoms with Gasteiger partial charge in [-0.2, -0.15) is 0 Å². The van der Waals surface area contributed by atoms with Crippen molar-refractivity contribution in [3.63, 3.8) is 0 Å². The van der Waals surface area contributed by atoms with Crippen LogP contribution in [0.3, 0.4) is 0 Å². The molecule has 0 bridgehead atoms. The van der Waals surface area contributed by atoms with Crippen molar-refractivity contribution in [1.29, 1.82) is 0 Å². The third-order valence-electron chi connectivity index (χ3n) is 7.60. The lowest BCUT2D eigenvalue weighted by Crippen LogP contribution is -2.27. The van der Waals surface area contributed by atoms with E-state index in [-0.39, 0.29) is 18.1 Å². The molecule has 0 saturated carbocycles. The van der Waals surface area contributed by atoms with Crippen molar-refractivity contribution in [2.45, 2.75) is 25.7 Å². The van der Waals surface area contributed by atoms with Crippen LogP contribution in [0.1, 0.15) is 46.4 Å². The Labute approximate surface area is 263 Å². The van der Waals surface area contributed by atoms with E-state index in [1.807, 2.05) is 74.1 Å². The summed E-state index contributed by atoms with van der Waals surface area (Å²) in [5.41, 5.74) is 3.84. The van der Waals surface area contributed by atoms with Gasteiger partial charge in [0.2, 0.25) is 5.36 Å². The zero-order valence-electron chi connectivity index (χ0n) is 26.6. The molecule has 1 aliphatic heterocycles. The van der Waals surface area contributed by atoms with Crippen LogP contribution in [0.2, 0.25) is 0 Å². The minimum Gasteiger partial charge on any atom is -0.478 e. The van der Waals surface area contributed by atoms with Gasteiger partial charge in [-0.3, -0.25) is 4.79 Å². The average molecular weight is 619 g/mol. The fourth-order valence-corrected chi connectivity index (χ4v) is 5.12. The van der Waals surface area contributed by atoms with Crippen molar-refractivity contribution < 1.29 is 33.7 Å². The van der Waals surface area contributed by atoms with Crippen molar-refractivity contribution >= 4 is 28.5 Å². The van der Waals surface area contributed by atoms with E-state index in [1.165, 1.54) is 12.1 Å². The maximum Gasteiger partial charge on any atom is 0.336 e. The van der Waals surface area contributed by atoms with Gasteiger partial charge in [-0.1, -0.05) is 12.8 Å². The Morgan fingerprint density at radius 2 is 1.62 bits per heavy atom. The summed E-state index contributed by atoms with van der Waals surface area (Å²) in [6.07, 6.45) is 3.81. The van der Waals surface area contributed by atoms with Crippen LogP contribution in [0.15, 0.2) is 59.0 Å². The molecule has 0 atom stereocenters. The van der Waals surface area contributed by atoms with E-state index in [1.54, 1.807) is 6.07 Å². The molecule has 0 saturated heterocycles. The number of carbonyl (C=O) groups is 2. The zero-order valence-corrected chi connectivity index (χ0v) is 26.6. The molecule has 1 amide bonds. The van der Waals surface area contributed by atoms with Gasteiger partial charge in [-0.05, 0) is 54.8 Å². The summed E-state index contributed by atoms with van der Waals surface area (Å²) in [5.74, 6) is -0.807. The van der Waals surface area contributed by atoms with E-state index < -0.39 is 5.97 Å². The number of aliphatic hydroxyl groups excluding tert-OH is 1. The van der Waals surface area contributed by atoms with Gasteiger partial charge in [-0.15, -0.1) is 0 Å². The number of amides is 1. The number of carboxylic acid groups (broad SMARTS) is 1. The van der Waals surface area contributed by atoms with Crippen LogP contribution in [0.25, 0.3) is 33.4 Å². The second-order valence-electron chi connectivity index (χ2n) is 11.3. The van der Waals surface area contributed by atoms with Gasteiger partial charge in [0.25, 0.3) is 5.91 Å². The van der Waals surface area contributed by atoms with Crippen LogP contribution in [-0.4, -0.2) is 89.9 Å². The first-order chi connectivity index (χ1) is 21.7. The Balaban J connectivity index is 1.56. The summed E-state index contributed by atoms with van der Waals surface area (Å²) >= 11 is 0. The number of aromatic carboxylic acids is 1. The van der Waals surface area contributed by atoms with Crippen LogP contribution in [-0.2, 0) is 9.47 Å². The molecule has 45 heavy (non-hydrogen) atoms. The van der Waals surface area contributed by atoms with Crippen LogP contribution in [0, 0.1) is 0 Å². The lowest BCUT2D eigenvalue weighted by molar-refractivity contribution is 0.0467. The molecule has 10 heteroatoms. The Hall–Kier alpha value is -4.25. The molecule has 10 nitrogen and oxygen atoms in total. The molecule has 1 heterocycles. The fraction of sp³-hybridized carbons (Fsp3) is 0.400. The number of benzene rings is 3. The van der Waals surface area contributed by atoms with Crippen molar-refractivity contribution in [3.05, 3.63) is 71.1 Å². The maximum atomic E-state index is 13.2. The quantitative estimate of drug-likeness (QED) is 0.0964. The number of nitrogens with one attached hydrogen (secondary N) is 1. The van der Waals surface area contributed by atoms with E-state index in [0.29, 0.717) is 61.0 Å². The van der Waals surface area contributed by atoms with Gasteiger partial charge in [0.05, 0.1) is 31.5 Å². The van der Waals surface area contributed by atoms with Gasteiger partial charge < -0.3 is 34.3 Å². The smallest absolute Gasteiger partial charge is 0.336 e. The molecule has 0 fully saturated rings. The summed E-state index contributed by atoms with van der Waals surface area (Å²) in [4.78, 5) is 27.6. The normalized spacial score (nSPS) is 11.2. The summed E-state index contributed by atoms with van der Waals surface area (Å²) in [7, 11) is 7.78. The molecule has 2 aromatic carbocycles. The van der Waals surface area contributed by atoms with Gasteiger partial charge in [0, 0.05) is 73.8 Å². The molecule has 0 spiro atoms. The SMILES string of the molecule is CN(C)c1ccc2c(-c3cc(C(=O)NCCOCCOCCCCCCO)ccc3C(=O)O)c3ccc(=[N+](C)C)cc-3oc2c1. The van der Waals surface area contributed by atoms with Crippen molar-refractivity contribution in [2.75, 3.05) is 72.7 Å². The molecular weight excluding hydrogens is 574 g/mol. The van der Waals surface area contributed by atoms with E-state index in [9.17, 15) is 14.7 Å². The number of carbonyl (C=O) groups excluding carboxylic acids is 1. The monoisotopic (exact) mass is 618 g/mol. The van der Waals surface area contributed by atoms with E-state index >= 15 is 0 Å². The second kappa shape index (κ2) is 16.2. The number of hydrogen-bond acceptors (Lipinski definition) is 7. The number of rotatable bonds is 16. The van der Waals surface area contributed by atoms with E-state index in [0.717, 1.165) is 47.7 Å². The van der Waals surface area contributed by atoms with Crippen molar-refractivity contribution in [1.82, 2.24) is 9.89 Å². The Morgan fingerprint density at radius 1 is 0.867 bits per heavy atom. The van der Waals surface area contributed by atoms with Gasteiger partial charge in [0.1, 0.15) is 25.4 Å². The Bertz CT molecular complexity index is 1660. The lowest BCUT2D eigenvalue weighted by atomic mass is 9.89. The summed E-state index contributed by atoms with van der Waals surface area (Å²) in [6.45, 7) is 2.41. The Morgan fingerprint density at radius 3 is 2.33 bits per heavy atom. The summed E-state index contributed by atoms with van der Waals surface area (Å²) in [6, 6.07) is 16.3. The van der Waals surface area contributed by atoms with E-state index in [2.05, 4.69) is 5.32 Å². The minimum atomic E-state index is -1.09. The average Bonchev–Trinajstić information content (AvgIpc) is 3.03. The van der Waals surface area contributed by atoms with Crippen molar-refractivity contribution in [2.24, 2.45) is 0 Å². The molecule has 240 valence electrons. The van der Waals surface area contributed by atoms with Crippen LogP contribution < -0.4 is 20.1 Å². The van der Waals surface area contributed by atoms with Gasteiger partial charge in [0.15, 0.2) is 0 Å². The standard InChI is InChI=1S/C35H43N3O7/c1-37(2)25-10-13-28-31(22-25)45-32-23-26(38(3)4)11-14-29(32)33(28)30-21-24(9-12-27(30)35(41)42)34(40)36-15-18-44-20-19-43-17-8-6-5-7-16-39/h9-14,21-23,39H,5-8,15-20H2,1-4H3,(H-,36,40,41,42)/p+1. The number of hydrogen-bond donors (Lipinski definition) is 3. The fourth-order valence-electron chi connectivity index (χ4n) is 5.12. The number of fused-ring (bicyclic) bond motifs is 2. The number of aliphatic hydroxyl groups is 1. The number of unbranched alkanes of at least 4 members (excludes halogenated alkanes) is 3. The first-order valence-corrected chi connectivity index (χ1v) is 15.3. The first kappa shape index (κ1) is 33.6. The maximum absolute atomic E-state index is 13.2. The van der Waals surface area contributed by atoms with Crippen LogP contribution >= 0.6 is 0 Å². The predicted molar refractivity (Wildman–Crippen MR) is 176 cm³/mol. The molecule has 0 radical (unpaired) electrons. The Kier molecular flexibility index (Phi) is 12.1. The van der Waals surface area contributed by atoms with Gasteiger partial charge >= 0.3 is 5.97 Å². The highest BCUT2D eigenvalue weighted by Gasteiger charge is 2.23. The largest absolute Gasteiger partial charge is 0.478 e. The number of anilines is 1. The third-order valence-corrected chi connectivity index (χ3v) is 7.60. The van der Waals surface area contributed by atoms with E-state index in [4.69, 9.17) is 19.0 Å².